The quantitative estimate of drug-likeness (QED) is 0.944. The summed E-state index contributed by atoms with van der Waals surface area (Å²) >= 11 is 0. The highest BCUT2D eigenvalue weighted by Gasteiger charge is 2.30. The van der Waals surface area contributed by atoms with Gasteiger partial charge in [-0.2, -0.15) is 0 Å². The van der Waals surface area contributed by atoms with Gasteiger partial charge < -0.3 is 10.2 Å². The molecule has 3 heteroatoms. The lowest BCUT2D eigenvalue weighted by molar-refractivity contribution is 0.0593. The minimum atomic E-state index is 0.134. The minimum Gasteiger partial charge on any atom is -0.333 e. The first kappa shape index (κ1) is 14.8. The van der Waals surface area contributed by atoms with Crippen molar-refractivity contribution < 1.29 is 4.79 Å². The second-order valence-electron chi connectivity index (χ2n) is 5.98. The van der Waals surface area contributed by atoms with Gasteiger partial charge in [0.05, 0.1) is 0 Å². The summed E-state index contributed by atoms with van der Waals surface area (Å²) in [5.74, 6) is 0.134. The highest BCUT2D eigenvalue weighted by atomic mass is 16.2. The van der Waals surface area contributed by atoms with E-state index in [1.54, 1.807) is 0 Å². The number of amides is 1. The predicted molar refractivity (Wildman–Crippen MR) is 88.9 cm³/mol. The molecule has 0 spiro atoms. The van der Waals surface area contributed by atoms with Crippen LogP contribution in [0.15, 0.2) is 60.7 Å². The zero-order valence-electron chi connectivity index (χ0n) is 12.9. The fourth-order valence-corrected chi connectivity index (χ4v) is 3.02. The van der Waals surface area contributed by atoms with Crippen molar-refractivity contribution in [1.82, 2.24) is 10.2 Å². The summed E-state index contributed by atoms with van der Waals surface area (Å²) in [5, 5.41) is 3.49. The van der Waals surface area contributed by atoms with Gasteiger partial charge in [-0.25, -0.2) is 0 Å². The maximum atomic E-state index is 12.8. The van der Waals surface area contributed by atoms with E-state index in [9.17, 15) is 4.79 Å². The molecule has 1 aliphatic rings. The summed E-state index contributed by atoms with van der Waals surface area (Å²) in [6.07, 6.45) is 0.888. The number of carbonyl (C=O) groups excluding carboxylic acids is 1. The Bertz CT molecular complexity index is 612. The third-order valence-electron chi connectivity index (χ3n) is 4.21. The van der Waals surface area contributed by atoms with E-state index in [0.29, 0.717) is 6.04 Å². The van der Waals surface area contributed by atoms with Crippen molar-refractivity contribution in [3.63, 3.8) is 0 Å². The van der Waals surface area contributed by atoms with Crippen LogP contribution in [-0.2, 0) is 6.42 Å². The third-order valence-corrected chi connectivity index (χ3v) is 4.21. The minimum absolute atomic E-state index is 0.134. The van der Waals surface area contributed by atoms with E-state index in [0.717, 1.165) is 25.1 Å². The molecule has 0 bridgehead atoms. The summed E-state index contributed by atoms with van der Waals surface area (Å²) in [4.78, 5) is 14.9. The Balaban J connectivity index is 1.80. The summed E-state index contributed by atoms with van der Waals surface area (Å²) in [7, 11) is 0. The zero-order valence-corrected chi connectivity index (χ0v) is 12.9. The molecule has 1 heterocycles. The molecule has 2 atom stereocenters. The van der Waals surface area contributed by atoms with Crippen LogP contribution in [0, 0.1) is 0 Å². The van der Waals surface area contributed by atoms with Crippen LogP contribution in [0.5, 0.6) is 0 Å². The molecule has 114 valence electrons. The molecule has 2 unspecified atom stereocenters. The van der Waals surface area contributed by atoms with Crippen molar-refractivity contribution in [3.05, 3.63) is 71.8 Å². The Labute approximate surface area is 132 Å². The largest absolute Gasteiger partial charge is 0.333 e. The Morgan fingerprint density at radius 1 is 1.09 bits per heavy atom. The molecule has 0 aliphatic carbocycles. The number of hydrogen-bond acceptors (Lipinski definition) is 2. The third kappa shape index (κ3) is 3.37. The number of piperazine rings is 1. The average Bonchev–Trinajstić information content (AvgIpc) is 2.57. The van der Waals surface area contributed by atoms with Crippen LogP contribution in [0.4, 0.5) is 0 Å². The number of nitrogens with one attached hydrogen (secondary N) is 1. The van der Waals surface area contributed by atoms with Crippen LogP contribution in [0.3, 0.4) is 0 Å². The Hall–Kier alpha value is -2.13. The fourth-order valence-electron chi connectivity index (χ4n) is 3.02. The van der Waals surface area contributed by atoms with E-state index in [1.807, 2.05) is 41.3 Å². The van der Waals surface area contributed by atoms with Crippen molar-refractivity contribution in [3.8, 4) is 0 Å². The van der Waals surface area contributed by atoms with Gasteiger partial charge in [-0.05, 0) is 31.0 Å². The van der Waals surface area contributed by atoms with Gasteiger partial charge in [0.25, 0.3) is 5.91 Å². The van der Waals surface area contributed by atoms with Crippen molar-refractivity contribution >= 4 is 5.91 Å². The smallest absolute Gasteiger partial charge is 0.254 e. The number of carbonyl (C=O) groups is 1. The Morgan fingerprint density at radius 2 is 1.73 bits per heavy atom. The van der Waals surface area contributed by atoms with Crippen molar-refractivity contribution in [2.45, 2.75) is 25.4 Å². The van der Waals surface area contributed by atoms with Gasteiger partial charge in [-0.1, -0.05) is 48.5 Å². The van der Waals surface area contributed by atoms with Gasteiger partial charge in [0, 0.05) is 30.7 Å². The molecule has 0 aromatic heterocycles. The summed E-state index contributed by atoms with van der Waals surface area (Å²) < 4.78 is 0. The molecular weight excluding hydrogens is 272 g/mol. The van der Waals surface area contributed by atoms with Gasteiger partial charge in [-0.15, -0.1) is 0 Å². The van der Waals surface area contributed by atoms with Crippen LogP contribution < -0.4 is 5.32 Å². The molecule has 1 fully saturated rings. The first-order valence-electron chi connectivity index (χ1n) is 7.87. The van der Waals surface area contributed by atoms with Crippen LogP contribution in [-0.4, -0.2) is 36.0 Å². The monoisotopic (exact) mass is 294 g/mol. The molecule has 3 nitrogen and oxygen atoms in total. The molecule has 3 rings (SSSR count). The second-order valence-corrected chi connectivity index (χ2v) is 5.98. The highest BCUT2D eigenvalue weighted by Crippen LogP contribution is 2.16. The van der Waals surface area contributed by atoms with Crippen molar-refractivity contribution in [1.29, 1.82) is 0 Å². The molecule has 22 heavy (non-hydrogen) atoms. The van der Waals surface area contributed by atoms with Gasteiger partial charge in [-0.3, -0.25) is 4.79 Å². The van der Waals surface area contributed by atoms with Crippen molar-refractivity contribution in [2.75, 3.05) is 13.1 Å². The molecule has 0 saturated carbocycles. The number of nitrogens with zero attached hydrogens (tertiary/aromatic N) is 1. The summed E-state index contributed by atoms with van der Waals surface area (Å²) in [6.45, 7) is 3.73. The number of hydrogen-bond donors (Lipinski definition) is 1. The van der Waals surface area contributed by atoms with E-state index in [4.69, 9.17) is 0 Å². The summed E-state index contributed by atoms with van der Waals surface area (Å²) in [5.41, 5.74) is 2.05. The second kappa shape index (κ2) is 6.75. The van der Waals surface area contributed by atoms with E-state index in [1.165, 1.54) is 5.56 Å². The van der Waals surface area contributed by atoms with E-state index < -0.39 is 0 Å². The topological polar surface area (TPSA) is 32.3 Å². The van der Waals surface area contributed by atoms with Gasteiger partial charge >= 0.3 is 0 Å². The molecule has 1 N–H and O–H groups in total. The van der Waals surface area contributed by atoms with Crippen LogP contribution in [0.1, 0.15) is 22.8 Å². The number of benzene rings is 2. The number of rotatable bonds is 3. The lowest BCUT2D eigenvalue weighted by atomic mass is 10.00. The van der Waals surface area contributed by atoms with E-state index in [2.05, 4.69) is 36.5 Å². The first-order chi connectivity index (χ1) is 10.7. The van der Waals surface area contributed by atoms with Gasteiger partial charge in [0.1, 0.15) is 0 Å². The molecule has 0 radical (unpaired) electrons. The van der Waals surface area contributed by atoms with Crippen LogP contribution in [0.25, 0.3) is 0 Å². The first-order valence-corrected chi connectivity index (χ1v) is 7.87. The lowest BCUT2D eigenvalue weighted by Gasteiger charge is -2.39. The SMILES string of the molecule is CC1CN(C(=O)c2ccccc2)C(Cc2ccccc2)CN1. The van der Waals surface area contributed by atoms with Gasteiger partial charge in [0.2, 0.25) is 0 Å². The highest BCUT2D eigenvalue weighted by molar-refractivity contribution is 5.94. The summed E-state index contributed by atoms with van der Waals surface area (Å²) in [6, 6.07) is 20.5. The Kier molecular flexibility index (Phi) is 4.54. The maximum absolute atomic E-state index is 12.8. The fraction of sp³-hybridized carbons (Fsp3) is 0.316. The maximum Gasteiger partial charge on any atom is 0.254 e. The predicted octanol–water partition coefficient (Wildman–Crippen LogP) is 2.73. The molecule has 1 aliphatic heterocycles. The van der Waals surface area contributed by atoms with Crippen molar-refractivity contribution in [2.24, 2.45) is 0 Å². The van der Waals surface area contributed by atoms with E-state index in [-0.39, 0.29) is 11.9 Å². The normalized spacial score (nSPS) is 21.6. The van der Waals surface area contributed by atoms with Crippen LogP contribution >= 0.6 is 0 Å². The van der Waals surface area contributed by atoms with E-state index >= 15 is 0 Å². The van der Waals surface area contributed by atoms with Crippen LogP contribution in [0.2, 0.25) is 0 Å². The van der Waals surface area contributed by atoms with Gasteiger partial charge in [0.15, 0.2) is 0 Å². The lowest BCUT2D eigenvalue weighted by Crippen LogP contribution is -2.58. The zero-order chi connectivity index (χ0) is 15.4. The molecule has 2 aromatic carbocycles. The Morgan fingerprint density at radius 3 is 2.41 bits per heavy atom. The molecule has 1 saturated heterocycles. The molecular formula is C19H22N2O. The molecule has 2 aromatic rings. The molecule has 1 amide bonds. The average molecular weight is 294 g/mol. The standard InChI is InChI=1S/C19H22N2O/c1-15-14-21(19(22)17-10-6-3-7-11-17)18(13-20-15)12-16-8-4-2-5-9-16/h2-11,15,18,20H,12-14H2,1H3.